The fraction of sp³-hybridized carbons (Fsp3) is 0.263. The van der Waals surface area contributed by atoms with Gasteiger partial charge in [0, 0.05) is 30.8 Å². The second-order valence-electron chi connectivity index (χ2n) is 6.96. The van der Waals surface area contributed by atoms with Crippen molar-refractivity contribution >= 4 is 29.2 Å². The van der Waals surface area contributed by atoms with Crippen LogP contribution in [0.3, 0.4) is 0 Å². The highest BCUT2D eigenvalue weighted by Crippen LogP contribution is 2.26. The summed E-state index contributed by atoms with van der Waals surface area (Å²) in [6, 6.07) is 8.28. The number of imide groups is 1. The number of pyridine rings is 1. The molecule has 5 N–H and O–H groups in total. The minimum atomic E-state index is -0.620. The predicted molar refractivity (Wildman–Crippen MR) is 102 cm³/mol. The van der Waals surface area contributed by atoms with E-state index in [9.17, 15) is 19.2 Å². The normalized spacial score (nSPS) is 16.8. The number of anilines is 2. The van der Waals surface area contributed by atoms with Crippen molar-refractivity contribution < 1.29 is 14.4 Å². The molecule has 9 heteroatoms. The number of nitrogen functional groups attached to an aromatic ring is 1. The summed E-state index contributed by atoms with van der Waals surface area (Å²) in [5, 5.41) is 2.14. The van der Waals surface area contributed by atoms with Gasteiger partial charge in [-0.3, -0.25) is 29.1 Å². The molecule has 0 unspecified atom stereocenters. The number of hydrogen-bond donors (Lipinski definition) is 3. The molecular weight excluding hydrogens is 362 g/mol. The van der Waals surface area contributed by atoms with Crippen molar-refractivity contribution in [2.24, 2.45) is 11.7 Å². The van der Waals surface area contributed by atoms with E-state index in [2.05, 4.69) is 10.2 Å². The lowest BCUT2D eigenvalue weighted by Crippen LogP contribution is -2.38. The third-order valence-corrected chi connectivity index (χ3v) is 5.32. The van der Waals surface area contributed by atoms with E-state index >= 15 is 0 Å². The molecule has 2 aromatic rings. The van der Waals surface area contributed by atoms with Crippen LogP contribution in [0.15, 0.2) is 35.1 Å². The van der Waals surface area contributed by atoms with Crippen LogP contribution in [0.25, 0.3) is 5.69 Å². The highest BCUT2D eigenvalue weighted by Gasteiger charge is 2.32. The summed E-state index contributed by atoms with van der Waals surface area (Å²) in [5.41, 5.74) is 12.4. The zero-order valence-electron chi connectivity index (χ0n) is 15.0. The molecule has 3 heterocycles. The molecule has 0 radical (unpaired) electrons. The summed E-state index contributed by atoms with van der Waals surface area (Å²) in [7, 11) is 0. The number of piperidine rings is 1. The molecule has 9 nitrogen and oxygen atoms in total. The number of benzene rings is 1. The molecule has 0 atom stereocenters. The first-order chi connectivity index (χ1) is 13.4. The highest BCUT2D eigenvalue weighted by molar-refractivity contribution is 6.23. The van der Waals surface area contributed by atoms with E-state index in [4.69, 9.17) is 11.5 Å². The Bertz CT molecular complexity index is 1050. The summed E-state index contributed by atoms with van der Waals surface area (Å²) in [6.07, 6.45) is 1.41. The van der Waals surface area contributed by atoms with Crippen molar-refractivity contribution in [2.75, 3.05) is 23.7 Å². The Balaban J connectivity index is 1.63. The molecule has 0 spiro atoms. The van der Waals surface area contributed by atoms with E-state index in [-0.39, 0.29) is 28.8 Å². The van der Waals surface area contributed by atoms with Gasteiger partial charge in [0.25, 0.3) is 17.4 Å². The zero-order valence-corrected chi connectivity index (χ0v) is 15.0. The molecule has 28 heavy (non-hydrogen) atoms. The maximum atomic E-state index is 12.5. The van der Waals surface area contributed by atoms with Crippen LogP contribution in [-0.4, -0.2) is 35.4 Å². The molecule has 0 aliphatic carbocycles. The molecule has 1 aromatic heterocycles. The van der Waals surface area contributed by atoms with Crippen LogP contribution in [0, 0.1) is 5.92 Å². The lowest BCUT2D eigenvalue weighted by molar-refractivity contribution is -0.122. The summed E-state index contributed by atoms with van der Waals surface area (Å²) < 4.78 is 1.21. The van der Waals surface area contributed by atoms with Gasteiger partial charge in [-0.1, -0.05) is 0 Å². The van der Waals surface area contributed by atoms with Gasteiger partial charge in [0.1, 0.15) is 5.82 Å². The maximum absolute atomic E-state index is 12.5. The molecule has 0 bridgehead atoms. The largest absolute Gasteiger partial charge is 0.384 e. The number of aromatic nitrogens is 1. The molecule has 3 amide bonds. The number of amides is 3. The van der Waals surface area contributed by atoms with Crippen LogP contribution in [0.1, 0.15) is 33.6 Å². The van der Waals surface area contributed by atoms with E-state index in [1.807, 2.05) is 12.1 Å². The number of rotatable bonds is 3. The molecule has 2 aliphatic rings. The molecule has 1 saturated heterocycles. The first-order valence-corrected chi connectivity index (χ1v) is 8.92. The van der Waals surface area contributed by atoms with Crippen molar-refractivity contribution in [3.8, 4) is 5.69 Å². The maximum Gasteiger partial charge on any atom is 0.262 e. The molecule has 2 aliphatic heterocycles. The Morgan fingerprint density at radius 2 is 1.61 bits per heavy atom. The number of carbonyl (C=O) groups is 3. The van der Waals surface area contributed by atoms with Crippen LogP contribution in [-0.2, 0) is 4.79 Å². The predicted octanol–water partition coefficient (Wildman–Crippen LogP) is 0.00500. The van der Waals surface area contributed by atoms with Gasteiger partial charge in [0.05, 0.1) is 16.8 Å². The van der Waals surface area contributed by atoms with E-state index in [1.165, 1.54) is 4.57 Å². The van der Waals surface area contributed by atoms with Crippen molar-refractivity contribution in [3.63, 3.8) is 0 Å². The van der Waals surface area contributed by atoms with E-state index in [0.717, 1.165) is 24.8 Å². The van der Waals surface area contributed by atoms with E-state index in [0.29, 0.717) is 18.5 Å². The van der Waals surface area contributed by atoms with Crippen molar-refractivity contribution in [1.82, 2.24) is 9.88 Å². The molecule has 1 aromatic carbocycles. The third-order valence-electron chi connectivity index (χ3n) is 5.32. The van der Waals surface area contributed by atoms with Gasteiger partial charge in [-0.2, -0.15) is 0 Å². The Labute approximate surface area is 159 Å². The first kappa shape index (κ1) is 17.8. The second-order valence-corrected chi connectivity index (χ2v) is 6.96. The molecule has 0 saturated carbocycles. The average Bonchev–Trinajstić information content (AvgIpc) is 2.96. The number of primary amides is 1. The highest BCUT2D eigenvalue weighted by atomic mass is 16.2. The fourth-order valence-electron chi connectivity index (χ4n) is 3.78. The lowest BCUT2D eigenvalue weighted by Gasteiger charge is -2.32. The van der Waals surface area contributed by atoms with Gasteiger partial charge in [-0.15, -0.1) is 0 Å². The standard InChI is InChI=1S/C19H19N5O4/c20-16-15-13(18(27)22-19(15)28)9-14(25)24(16)12-3-1-11(2-4-12)23-7-5-10(6-8-23)17(21)26/h1-4,9-10H,5-8,20H2,(H2,21,26)(H,22,27,28). The van der Waals surface area contributed by atoms with Crippen LogP contribution < -0.4 is 27.2 Å². The van der Waals surface area contributed by atoms with Crippen LogP contribution in [0.2, 0.25) is 0 Å². The summed E-state index contributed by atoms with van der Waals surface area (Å²) in [6.45, 7) is 1.44. The van der Waals surface area contributed by atoms with Gasteiger partial charge in [0.2, 0.25) is 5.91 Å². The topological polar surface area (TPSA) is 141 Å². The van der Waals surface area contributed by atoms with Crippen LogP contribution in [0.4, 0.5) is 11.5 Å². The van der Waals surface area contributed by atoms with E-state index in [1.54, 1.807) is 12.1 Å². The van der Waals surface area contributed by atoms with E-state index < -0.39 is 17.4 Å². The Kier molecular flexibility index (Phi) is 4.14. The number of fused-ring (bicyclic) bond motifs is 1. The quantitative estimate of drug-likeness (QED) is 0.640. The molecule has 4 rings (SSSR count). The summed E-state index contributed by atoms with van der Waals surface area (Å²) >= 11 is 0. The number of nitrogens with zero attached hydrogens (tertiary/aromatic N) is 2. The van der Waals surface area contributed by atoms with Gasteiger partial charge < -0.3 is 16.4 Å². The van der Waals surface area contributed by atoms with Crippen molar-refractivity contribution in [2.45, 2.75) is 12.8 Å². The zero-order chi connectivity index (χ0) is 20.0. The monoisotopic (exact) mass is 381 g/mol. The van der Waals surface area contributed by atoms with Gasteiger partial charge in [-0.05, 0) is 37.1 Å². The minimum absolute atomic E-state index is 0.00214. The number of carbonyl (C=O) groups excluding carboxylic acids is 3. The van der Waals surface area contributed by atoms with Crippen LogP contribution >= 0.6 is 0 Å². The second kappa shape index (κ2) is 6.52. The number of nitrogens with one attached hydrogen (secondary N) is 1. The SMILES string of the molecule is NC(=O)C1CCN(c2ccc(-n3c(N)c4c(cc3=O)C(=O)NC4=O)cc2)CC1. The minimum Gasteiger partial charge on any atom is -0.384 e. The van der Waals surface area contributed by atoms with Crippen molar-refractivity contribution in [3.05, 3.63) is 51.8 Å². The van der Waals surface area contributed by atoms with Crippen LogP contribution in [0.5, 0.6) is 0 Å². The molecule has 1 fully saturated rings. The third kappa shape index (κ3) is 2.81. The molecule has 144 valence electrons. The van der Waals surface area contributed by atoms with Gasteiger partial charge in [0.15, 0.2) is 0 Å². The van der Waals surface area contributed by atoms with Crippen molar-refractivity contribution in [1.29, 1.82) is 0 Å². The smallest absolute Gasteiger partial charge is 0.262 e. The Morgan fingerprint density at radius 3 is 2.21 bits per heavy atom. The first-order valence-electron chi connectivity index (χ1n) is 8.92. The Hall–Kier alpha value is -3.62. The lowest BCUT2D eigenvalue weighted by atomic mass is 9.96. The number of hydrogen-bond acceptors (Lipinski definition) is 6. The summed E-state index contributed by atoms with van der Waals surface area (Å²) in [5.74, 6) is -1.65. The summed E-state index contributed by atoms with van der Waals surface area (Å²) in [4.78, 5) is 49.6. The fourth-order valence-corrected chi connectivity index (χ4v) is 3.78. The Morgan fingerprint density at radius 1 is 1.00 bits per heavy atom. The number of nitrogens with two attached hydrogens (primary N) is 2. The average molecular weight is 381 g/mol. The van der Waals surface area contributed by atoms with Gasteiger partial charge >= 0.3 is 0 Å². The molecular formula is C19H19N5O4. The van der Waals surface area contributed by atoms with Gasteiger partial charge in [-0.25, -0.2) is 0 Å².